The van der Waals surface area contributed by atoms with E-state index in [1.807, 2.05) is 0 Å². The standard InChI is InChI=1S/C14H19F3N2O2S/c15-11-5-6-12(14(17)13(11)16)22(20,21)18-7-4-10-19-8-2-1-3-9-19/h5-6,18H,1-4,7-10H2/p+1. The molecule has 2 N–H and O–H groups in total. The van der Waals surface area contributed by atoms with Gasteiger partial charge in [0.15, 0.2) is 17.5 Å². The van der Waals surface area contributed by atoms with E-state index in [1.165, 1.54) is 24.2 Å². The van der Waals surface area contributed by atoms with Gasteiger partial charge in [-0.05, 0) is 31.4 Å². The largest absolute Gasteiger partial charge is 0.335 e. The summed E-state index contributed by atoms with van der Waals surface area (Å²) in [6.45, 7) is 3.15. The fraction of sp³-hybridized carbons (Fsp3) is 0.571. The molecule has 1 heterocycles. The van der Waals surface area contributed by atoms with Crippen molar-refractivity contribution in [3.8, 4) is 0 Å². The minimum Gasteiger partial charge on any atom is -0.335 e. The number of halogens is 3. The predicted octanol–water partition coefficient (Wildman–Crippen LogP) is 0.841. The van der Waals surface area contributed by atoms with E-state index in [9.17, 15) is 21.6 Å². The van der Waals surface area contributed by atoms with E-state index in [0.717, 1.165) is 25.7 Å². The summed E-state index contributed by atoms with van der Waals surface area (Å²) in [5.74, 6) is -4.88. The van der Waals surface area contributed by atoms with Crippen molar-refractivity contribution in [3.05, 3.63) is 29.6 Å². The number of sulfonamides is 1. The van der Waals surface area contributed by atoms with Crippen LogP contribution in [0.1, 0.15) is 25.7 Å². The van der Waals surface area contributed by atoms with Crippen molar-refractivity contribution in [2.75, 3.05) is 26.2 Å². The molecule has 0 aliphatic carbocycles. The van der Waals surface area contributed by atoms with Gasteiger partial charge in [-0.3, -0.25) is 0 Å². The molecule has 0 saturated carbocycles. The zero-order valence-electron chi connectivity index (χ0n) is 12.2. The van der Waals surface area contributed by atoms with Crippen LogP contribution in [-0.4, -0.2) is 34.6 Å². The highest BCUT2D eigenvalue weighted by Gasteiger charge is 2.23. The molecule has 1 aromatic rings. The van der Waals surface area contributed by atoms with Gasteiger partial charge in [-0.2, -0.15) is 0 Å². The number of hydrogen-bond donors (Lipinski definition) is 2. The van der Waals surface area contributed by atoms with Crippen LogP contribution in [-0.2, 0) is 10.0 Å². The Morgan fingerprint density at radius 1 is 1.05 bits per heavy atom. The Morgan fingerprint density at radius 2 is 1.73 bits per heavy atom. The summed E-state index contributed by atoms with van der Waals surface area (Å²) in [7, 11) is -4.17. The average Bonchev–Trinajstić information content (AvgIpc) is 2.50. The van der Waals surface area contributed by atoms with Gasteiger partial charge in [0.05, 0.1) is 19.6 Å². The molecule has 0 amide bonds. The monoisotopic (exact) mass is 337 g/mol. The molecule has 124 valence electrons. The van der Waals surface area contributed by atoms with Gasteiger partial charge >= 0.3 is 0 Å². The van der Waals surface area contributed by atoms with Crippen LogP contribution in [0.3, 0.4) is 0 Å². The minimum absolute atomic E-state index is 0.143. The van der Waals surface area contributed by atoms with Crippen LogP contribution in [0.4, 0.5) is 13.2 Å². The molecule has 0 bridgehead atoms. The molecule has 0 unspecified atom stereocenters. The van der Waals surface area contributed by atoms with Crippen molar-refractivity contribution in [2.45, 2.75) is 30.6 Å². The highest BCUT2D eigenvalue weighted by Crippen LogP contribution is 2.19. The predicted molar refractivity (Wildman–Crippen MR) is 75.5 cm³/mol. The highest BCUT2D eigenvalue weighted by molar-refractivity contribution is 7.89. The first-order valence-electron chi connectivity index (χ1n) is 7.38. The van der Waals surface area contributed by atoms with Crippen molar-refractivity contribution in [1.82, 2.24) is 4.72 Å². The van der Waals surface area contributed by atoms with Crippen molar-refractivity contribution in [2.24, 2.45) is 0 Å². The Balaban J connectivity index is 1.90. The molecule has 8 heteroatoms. The molecule has 2 rings (SSSR count). The molecule has 1 aromatic carbocycles. The van der Waals surface area contributed by atoms with Crippen LogP contribution in [0.5, 0.6) is 0 Å². The van der Waals surface area contributed by atoms with E-state index in [-0.39, 0.29) is 6.54 Å². The summed E-state index contributed by atoms with van der Waals surface area (Å²) in [5, 5.41) is 0. The van der Waals surface area contributed by atoms with E-state index < -0.39 is 32.4 Å². The number of likely N-dealkylation sites (tertiary alicyclic amines) is 1. The number of quaternary nitrogens is 1. The summed E-state index contributed by atoms with van der Waals surface area (Å²) in [4.78, 5) is 0.571. The van der Waals surface area contributed by atoms with E-state index >= 15 is 0 Å². The third-order valence-electron chi connectivity index (χ3n) is 3.85. The van der Waals surface area contributed by atoms with E-state index in [4.69, 9.17) is 0 Å². The molecule has 1 fully saturated rings. The number of benzene rings is 1. The maximum absolute atomic E-state index is 13.5. The minimum atomic E-state index is -4.17. The molecule has 22 heavy (non-hydrogen) atoms. The molecule has 1 aliphatic rings. The first-order chi connectivity index (χ1) is 10.4. The molecular weight excluding hydrogens is 317 g/mol. The molecule has 4 nitrogen and oxygen atoms in total. The summed E-state index contributed by atoms with van der Waals surface area (Å²) in [6, 6.07) is 1.33. The smallest absolute Gasteiger partial charge is 0.243 e. The van der Waals surface area contributed by atoms with Crippen LogP contribution >= 0.6 is 0 Å². The first-order valence-corrected chi connectivity index (χ1v) is 8.87. The third kappa shape index (κ3) is 4.21. The summed E-state index contributed by atoms with van der Waals surface area (Å²) < 4.78 is 65.5. The molecule has 1 aliphatic heterocycles. The maximum atomic E-state index is 13.5. The second-order valence-corrected chi connectivity index (χ2v) is 7.22. The Morgan fingerprint density at radius 3 is 2.41 bits per heavy atom. The fourth-order valence-corrected chi connectivity index (χ4v) is 3.78. The number of piperidine rings is 1. The van der Waals surface area contributed by atoms with Gasteiger partial charge in [0.25, 0.3) is 0 Å². The van der Waals surface area contributed by atoms with Crippen LogP contribution in [0, 0.1) is 17.5 Å². The maximum Gasteiger partial charge on any atom is 0.243 e. The fourth-order valence-electron chi connectivity index (χ4n) is 2.64. The van der Waals surface area contributed by atoms with Crippen molar-refractivity contribution in [3.63, 3.8) is 0 Å². The quantitative estimate of drug-likeness (QED) is 0.597. The van der Waals surface area contributed by atoms with Crippen molar-refractivity contribution >= 4 is 10.0 Å². The highest BCUT2D eigenvalue weighted by atomic mass is 32.2. The normalized spacial score (nSPS) is 16.9. The average molecular weight is 337 g/mol. The molecule has 0 spiro atoms. The van der Waals surface area contributed by atoms with E-state index in [1.54, 1.807) is 0 Å². The lowest BCUT2D eigenvalue weighted by molar-refractivity contribution is -0.904. The molecule has 1 saturated heterocycles. The van der Waals surface area contributed by atoms with Crippen LogP contribution in [0.2, 0.25) is 0 Å². The SMILES string of the molecule is O=S(=O)(NCCC[NH+]1CCCCC1)c1ccc(F)c(F)c1F. The Labute approximate surface area is 128 Å². The Kier molecular flexibility index (Phi) is 5.82. The van der Waals surface area contributed by atoms with Crippen LogP contribution in [0.15, 0.2) is 17.0 Å². The lowest BCUT2D eigenvalue weighted by Gasteiger charge is -2.23. The second-order valence-electron chi connectivity index (χ2n) is 5.49. The second kappa shape index (κ2) is 7.43. The van der Waals surface area contributed by atoms with Gasteiger partial charge in [0.1, 0.15) is 4.90 Å². The van der Waals surface area contributed by atoms with E-state index in [0.29, 0.717) is 12.5 Å². The van der Waals surface area contributed by atoms with Gasteiger partial charge in [-0.15, -0.1) is 0 Å². The zero-order chi connectivity index (χ0) is 16.2. The topological polar surface area (TPSA) is 50.6 Å². The lowest BCUT2D eigenvalue weighted by Crippen LogP contribution is -3.12. The molecule has 0 radical (unpaired) electrons. The number of rotatable bonds is 6. The number of hydrogen-bond acceptors (Lipinski definition) is 2. The van der Waals surface area contributed by atoms with Crippen LogP contribution < -0.4 is 9.62 Å². The van der Waals surface area contributed by atoms with Gasteiger partial charge in [0.2, 0.25) is 10.0 Å². The van der Waals surface area contributed by atoms with Crippen molar-refractivity contribution < 1.29 is 26.5 Å². The third-order valence-corrected chi connectivity index (χ3v) is 5.33. The summed E-state index contributed by atoms with van der Waals surface area (Å²) >= 11 is 0. The zero-order valence-corrected chi connectivity index (χ0v) is 13.0. The molecule has 0 aromatic heterocycles. The Hall–Kier alpha value is -1.12. The van der Waals surface area contributed by atoms with Crippen LogP contribution in [0.25, 0.3) is 0 Å². The summed E-state index contributed by atoms with van der Waals surface area (Å²) in [5.41, 5.74) is 0. The van der Waals surface area contributed by atoms with Gasteiger partial charge in [0, 0.05) is 13.0 Å². The summed E-state index contributed by atoms with van der Waals surface area (Å²) in [6.07, 6.45) is 4.22. The van der Waals surface area contributed by atoms with Gasteiger partial charge in [-0.25, -0.2) is 26.3 Å². The first kappa shape index (κ1) is 17.2. The van der Waals surface area contributed by atoms with Gasteiger partial charge < -0.3 is 4.90 Å². The van der Waals surface area contributed by atoms with Crippen molar-refractivity contribution in [1.29, 1.82) is 0 Å². The Bertz CT molecular complexity index is 617. The molecule has 0 atom stereocenters. The van der Waals surface area contributed by atoms with Gasteiger partial charge in [-0.1, -0.05) is 0 Å². The lowest BCUT2D eigenvalue weighted by atomic mass is 10.1. The number of nitrogens with one attached hydrogen (secondary N) is 2. The van der Waals surface area contributed by atoms with E-state index in [2.05, 4.69) is 4.72 Å². The molecular formula is C14H20F3N2O2S+.